The number of hydrogen-bond donors (Lipinski definition) is 1. The van der Waals surface area contributed by atoms with Crippen LogP contribution in [0.5, 0.6) is 0 Å². The van der Waals surface area contributed by atoms with Gasteiger partial charge in [-0.05, 0) is 43.0 Å². The van der Waals surface area contributed by atoms with Crippen LogP contribution in [0.3, 0.4) is 0 Å². The molecule has 1 atom stereocenters. The van der Waals surface area contributed by atoms with E-state index in [9.17, 15) is 10.0 Å². The number of nitrogens with zero attached hydrogens (tertiary/aromatic N) is 6. The molecule has 0 spiro atoms. The fraction of sp³-hybridized carbons (Fsp3) is 0.280. The summed E-state index contributed by atoms with van der Waals surface area (Å²) in [5.74, 6) is 1.38. The molecule has 0 aliphatic carbocycles. The molecule has 1 amide bonds. The van der Waals surface area contributed by atoms with E-state index >= 15 is 0 Å². The first-order valence-electron chi connectivity index (χ1n) is 11.2. The molecule has 0 saturated carbocycles. The summed E-state index contributed by atoms with van der Waals surface area (Å²) < 4.78 is 1.78. The molecule has 0 radical (unpaired) electrons. The summed E-state index contributed by atoms with van der Waals surface area (Å²) in [6.07, 6.45) is 2.03. The predicted molar refractivity (Wildman–Crippen MR) is 132 cm³/mol. The van der Waals surface area contributed by atoms with E-state index in [2.05, 4.69) is 17.3 Å². The number of imidazole rings is 1. The number of amides is 1. The van der Waals surface area contributed by atoms with Gasteiger partial charge in [-0.25, -0.2) is 9.98 Å². The van der Waals surface area contributed by atoms with Crippen molar-refractivity contribution in [2.75, 3.05) is 18.0 Å². The molecule has 2 aliphatic rings. The second-order valence-electron chi connectivity index (χ2n) is 8.49. The number of aliphatic imine (C=N–C) groups is 1. The van der Waals surface area contributed by atoms with Gasteiger partial charge in [0, 0.05) is 11.6 Å². The minimum atomic E-state index is -0.170. The zero-order chi connectivity index (χ0) is 23.8. The summed E-state index contributed by atoms with van der Waals surface area (Å²) in [5.41, 5.74) is 3.54. The Hall–Kier alpha value is -3.65. The molecule has 174 valence electrons. The van der Waals surface area contributed by atoms with Crippen LogP contribution < -0.4 is 4.90 Å². The monoisotopic (exact) mass is 476 g/mol. The van der Waals surface area contributed by atoms with Gasteiger partial charge < -0.3 is 9.77 Å². The summed E-state index contributed by atoms with van der Waals surface area (Å²) in [5, 5.41) is 13.1. The number of aromatic nitrogens is 2. The largest absolute Gasteiger partial charge is 0.411 e. The third-order valence-electron chi connectivity index (χ3n) is 6.24. The highest BCUT2D eigenvalue weighted by molar-refractivity contribution is 6.31. The van der Waals surface area contributed by atoms with Crippen molar-refractivity contribution in [2.45, 2.75) is 32.9 Å². The minimum Gasteiger partial charge on any atom is -0.411 e. The van der Waals surface area contributed by atoms with Crippen molar-refractivity contribution in [1.29, 1.82) is 0 Å². The van der Waals surface area contributed by atoms with Crippen LogP contribution in [0.2, 0.25) is 5.02 Å². The quantitative estimate of drug-likeness (QED) is 0.331. The van der Waals surface area contributed by atoms with Gasteiger partial charge in [0.2, 0.25) is 5.96 Å². The number of hydrogen-bond acceptors (Lipinski definition) is 6. The van der Waals surface area contributed by atoms with Crippen LogP contribution in [0, 0.1) is 6.92 Å². The number of guanidine groups is 1. The normalized spacial score (nSPS) is 17.3. The Labute approximate surface area is 202 Å². The van der Waals surface area contributed by atoms with E-state index < -0.39 is 0 Å². The lowest BCUT2D eigenvalue weighted by atomic mass is 10.1. The number of anilines is 1. The van der Waals surface area contributed by atoms with Crippen LogP contribution in [0.15, 0.2) is 58.7 Å². The second-order valence-corrected chi connectivity index (χ2v) is 8.90. The molecule has 0 fully saturated rings. The molecule has 1 N–H and O–H groups in total. The van der Waals surface area contributed by atoms with Gasteiger partial charge in [0.1, 0.15) is 6.21 Å². The van der Waals surface area contributed by atoms with Gasteiger partial charge in [-0.1, -0.05) is 59.2 Å². The summed E-state index contributed by atoms with van der Waals surface area (Å²) in [6, 6.07) is 16.0. The Morgan fingerprint density at radius 2 is 2.00 bits per heavy atom. The number of fused-ring (bicyclic) bond motifs is 3. The van der Waals surface area contributed by atoms with Crippen LogP contribution in [0.1, 0.15) is 39.9 Å². The fourth-order valence-corrected chi connectivity index (χ4v) is 4.75. The highest BCUT2D eigenvalue weighted by atomic mass is 35.5. The number of aryl methyl sites for hydroxylation is 1. The van der Waals surface area contributed by atoms with Crippen LogP contribution in [0.25, 0.3) is 0 Å². The minimum absolute atomic E-state index is 0.00112. The maximum atomic E-state index is 13.6. The van der Waals surface area contributed by atoms with Crippen molar-refractivity contribution < 1.29 is 10.0 Å². The highest BCUT2D eigenvalue weighted by Gasteiger charge is 2.43. The molecule has 0 bridgehead atoms. The van der Waals surface area contributed by atoms with Crippen molar-refractivity contribution in [3.63, 3.8) is 0 Å². The molecule has 3 aromatic rings. The average molecular weight is 477 g/mol. The number of halogens is 1. The lowest BCUT2D eigenvalue weighted by molar-refractivity contribution is 0.0836. The fourth-order valence-electron chi connectivity index (χ4n) is 4.55. The summed E-state index contributed by atoms with van der Waals surface area (Å²) >= 11 is 6.34. The van der Waals surface area contributed by atoms with Crippen molar-refractivity contribution in [3.05, 3.63) is 81.8 Å². The third kappa shape index (κ3) is 3.84. The summed E-state index contributed by atoms with van der Waals surface area (Å²) in [6.45, 7) is 5.34. The topological polar surface area (TPSA) is 86.3 Å². The summed E-state index contributed by atoms with van der Waals surface area (Å²) in [7, 11) is 0. The molecule has 34 heavy (non-hydrogen) atoms. The molecule has 3 heterocycles. The van der Waals surface area contributed by atoms with E-state index in [1.807, 2.05) is 55.1 Å². The molecule has 0 saturated heterocycles. The van der Waals surface area contributed by atoms with Crippen LogP contribution in [-0.2, 0) is 13.0 Å². The number of carbonyl (C=O) groups is 1. The first kappa shape index (κ1) is 22.2. The number of benzene rings is 2. The first-order valence-corrected chi connectivity index (χ1v) is 11.6. The predicted octanol–water partition coefficient (Wildman–Crippen LogP) is 3.96. The standard InChI is InChI=1S/C25H25ClN6O2/c1-3-30-24(33)22-23(32-15-19(28-25(30)32)11-17-7-5-4-6-8-17)29-21(13-27-34)31(22)14-18-10-9-16(2)20(26)12-18/h4-10,12-13,19,34H,3,11,14-15H2,1-2H3/b27-13+/t19-/m1/s1. The second kappa shape index (κ2) is 8.95. The van der Waals surface area contributed by atoms with Crippen LogP contribution >= 0.6 is 11.6 Å². The van der Waals surface area contributed by atoms with Crippen molar-refractivity contribution in [1.82, 2.24) is 14.5 Å². The molecule has 1 aromatic heterocycles. The van der Waals surface area contributed by atoms with Gasteiger partial charge in [-0.15, -0.1) is 0 Å². The third-order valence-corrected chi connectivity index (χ3v) is 6.64. The summed E-state index contributed by atoms with van der Waals surface area (Å²) in [4.78, 5) is 26.9. The highest BCUT2D eigenvalue weighted by Crippen LogP contribution is 2.33. The lowest BCUT2D eigenvalue weighted by Gasteiger charge is -2.33. The van der Waals surface area contributed by atoms with E-state index in [1.54, 1.807) is 9.47 Å². The zero-order valence-corrected chi connectivity index (χ0v) is 19.8. The number of carbonyl (C=O) groups excluding carboxylic acids is 1. The van der Waals surface area contributed by atoms with Crippen molar-refractivity contribution in [3.8, 4) is 0 Å². The lowest BCUT2D eigenvalue weighted by Crippen LogP contribution is -2.50. The molecule has 0 unspecified atom stereocenters. The molecule has 2 aliphatic heterocycles. The van der Waals surface area contributed by atoms with Gasteiger partial charge in [0.25, 0.3) is 5.91 Å². The van der Waals surface area contributed by atoms with Gasteiger partial charge >= 0.3 is 0 Å². The van der Waals surface area contributed by atoms with Crippen LogP contribution in [0.4, 0.5) is 5.82 Å². The molecule has 8 nitrogen and oxygen atoms in total. The van der Waals surface area contributed by atoms with Gasteiger partial charge in [0.05, 0.1) is 19.1 Å². The van der Waals surface area contributed by atoms with E-state index in [0.717, 1.165) is 17.5 Å². The molecular formula is C25H25ClN6O2. The van der Waals surface area contributed by atoms with E-state index in [1.165, 1.54) is 11.8 Å². The molecule has 5 rings (SSSR count). The molecular weight excluding hydrogens is 452 g/mol. The van der Waals surface area contributed by atoms with Gasteiger partial charge in [-0.2, -0.15) is 0 Å². The average Bonchev–Trinajstić information content (AvgIpc) is 3.39. The Bertz CT molecular complexity index is 1300. The first-order chi connectivity index (χ1) is 16.5. The molecule has 9 heteroatoms. The maximum absolute atomic E-state index is 13.6. The molecule has 2 aromatic carbocycles. The van der Waals surface area contributed by atoms with E-state index in [0.29, 0.717) is 48.0 Å². The number of rotatable bonds is 6. The Morgan fingerprint density at radius 3 is 2.71 bits per heavy atom. The zero-order valence-electron chi connectivity index (χ0n) is 19.0. The van der Waals surface area contributed by atoms with E-state index in [-0.39, 0.29) is 11.9 Å². The smallest absolute Gasteiger partial charge is 0.281 e. The van der Waals surface area contributed by atoms with Crippen molar-refractivity contribution in [2.24, 2.45) is 10.1 Å². The SMILES string of the molecule is CCN1C(=O)c2c(nc(/C=N/O)n2Cc2ccc(C)c(Cl)c2)N2C[C@@H](Cc3ccccc3)N=C12. The number of oxime groups is 1. The Kier molecular flexibility index (Phi) is 5.83. The van der Waals surface area contributed by atoms with Crippen LogP contribution in [-0.4, -0.2) is 56.9 Å². The van der Waals surface area contributed by atoms with Gasteiger partial charge in [0.15, 0.2) is 17.3 Å². The Morgan fingerprint density at radius 1 is 1.21 bits per heavy atom. The van der Waals surface area contributed by atoms with Gasteiger partial charge in [-0.3, -0.25) is 14.6 Å². The Balaban J connectivity index is 1.55. The maximum Gasteiger partial charge on any atom is 0.281 e. The van der Waals surface area contributed by atoms with Crippen molar-refractivity contribution >= 4 is 35.5 Å². The van der Waals surface area contributed by atoms with E-state index in [4.69, 9.17) is 21.6 Å².